The van der Waals surface area contributed by atoms with Crippen LogP contribution in [0.15, 0.2) is 47.6 Å². The minimum Gasteiger partial charge on any atom is -0.460 e. The summed E-state index contributed by atoms with van der Waals surface area (Å²) >= 11 is 0. The smallest absolute Gasteiger partial charge is 0.419 e. The molecule has 2 heterocycles. The number of fused-ring (bicyclic) bond motifs is 1. The van der Waals surface area contributed by atoms with Gasteiger partial charge in [0, 0.05) is 33.2 Å². The van der Waals surface area contributed by atoms with Crippen LogP contribution in [0.3, 0.4) is 0 Å². The lowest BCUT2D eigenvalue weighted by Crippen LogP contribution is -2.50. The van der Waals surface area contributed by atoms with Gasteiger partial charge in [-0.15, -0.1) is 0 Å². The zero-order valence-electron chi connectivity index (χ0n) is 19.8. The molecule has 1 fully saturated rings. The highest BCUT2D eigenvalue weighted by atomic mass is 19.4. The number of benzene rings is 2. The molecule has 2 aromatic rings. The van der Waals surface area contributed by atoms with Gasteiger partial charge < -0.3 is 9.47 Å². The summed E-state index contributed by atoms with van der Waals surface area (Å²) in [5.74, 6) is -2.32. The number of likely N-dealkylation sites (tertiary alicyclic amines) is 1. The van der Waals surface area contributed by atoms with Crippen molar-refractivity contribution in [2.24, 2.45) is 10.5 Å². The van der Waals surface area contributed by atoms with E-state index in [4.69, 9.17) is 9.47 Å². The predicted octanol–water partition coefficient (Wildman–Crippen LogP) is 4.26. The summed E-state index contributed by atoms with van der Waals surface area (Å²) in [6, 6.07) is 9.36. The Morgan fingerprint density at radius 3 is 2.53 bits per heavy atom. The van der Waals surface area contributed by atoms with Crippen LogP contribution in [0.2, 0.25) is 0 Å². The van der Waals surface area contributed by atoms with Gasteiger partial charge in [-0.05, 0) is 42.8 Å². The largest absolute Gasteiger partial charge is 0.460 e. The Bertz CT molecular complexity index is 1180. The molecule has 36 heavy (non-hydrogen) atoms. The maximum Gasteiger partial charge on any atom is 0.419 e. The van der Waals surface area contributed by atoms with Crippen molar-refractivity contribution in [3.63, 3.8) is 0 Å². The maximum atomic E-state index is 13.7. The van der Waals surface area contributed by atoms with E-state index in [1.165, 1.54) is 7.11 Å². The number of esters is 1. The number of carbonyl (C=O) groups is 2. The number of piperidine rings is 1. The van der Waals surface area contributed by atoms with Crippen molar-refractivity contribution in [3.8, 4) is 0 Å². The monoisotopic (exact) mass is 507 g/mol. The third kappa shape index (κ3) is 5.12. The molecule has 11 heteroatoms. The Morgan fingerprint density at radius 1 is 1.14 bits per heavy atom. The molecular formula is C25H25F4N3O4. The fraction of sp³-hybridized carbons (Fsp3) is 0.400. The summed E-state index contributed by atoms with van der Waals surface area (Å²) < 4.78 is 63.2. The van der Waals surface area contributed by atoms with E-state index >= 15 is 0 Å². The van der Waals surface area contributed by atoms with E-state index in [0.29, 0.717) is 56.1 Å². The van der Waals surface area contributed by atoms with Gasteiger partial charge in [-0.3, -0.25) is 9.69 Å². The van der Waals surface area contributed by atoms with Crippen LogP contribution in [0.1, 0.15) is 34.8 Å². The first-order chi connectivity index (χ1) is 17.0. The highest BCUT2D eigenvalue weighted by Crippen LogP contribution is 2.40. The Morgan fingerprint density at radius 2 is 1.86 bits per heavy atom. The van der Waals surface area contributed by atoms with Gasteiger partial charge in [0.15, 0.2) is 0 Å². The summed E-state index contributed by atoms with van der Waals surface area (Å²) in [6.45, 7) is 3.60. The molecule has 1 unspecified atom stereocenters. The second kappa shape index (κ2) is 9.98. The van der Waals surface area contributed by atoms with Crippen molar-refractivity contribution >= 4 is 23.3 Å². The SMILES string of the molecule is COCCOC(=O)c1ccc(CN2CCC3=NN(c4ccc(F)c(C(F)(F)F)c4)C(=O)C3(C)C2)cc1. The molecule has 1 atom stereocenters. The molecule has 1 amide bonds. The van der Waals surface area contributed by atoms with E-state index < -0.39 is 34.8 Å². The van der Waals surface area contributed by atoms with Crippen LogP contribution >= 0.6 is 0 Å². The zero-order chi connectivity index (χ0) is 26.1. The standard InChI is InChI=1S/C25H25F4N3O4/c1-24-15-31(14-16-3-5-17(6-4-16)22(33)36-12-11-35-2)10-9-21(24)30-32(23(24)34)18-7-8-20(26)19(13-18)25(27,28)29/h3-8,13H,9-12,14-15H2,1-2H3. The van der Waals surface area contributed by atoms with E-state index in [2.05, 4.69) is 10.0 Å². The number of carbonyl (C=O) groups excluding carboxylic acids is 2. The Labute approximate surface area is 205 Å². The number of nitrogens with zero attached hydrogens (tertiary/aromatic N) is 3. The first-order valence-electron chi connectivity index (χ1n) is 11.3. The van der Waals surface area contributed by atoms with Crippen LogP contribution in [-0.2, 0) is 27.0 Å². The molecule has 0 bridgehead atoms. The highest BCUT2D eigenvalue weighted by Gasteiger charge is 2.50. The van der Waals surface area contributed by atoms with Crippen molar-refractivity contribution in [3.05, 3.63) is 65.0 Å². The molecule has 2 aliphatic heterocycles. The third-order valence-electron chi connectivity index (χ3n) is 6.34. The van der Waals surface area contributed by atoms with Crippen molar-refractivity contribution < 1.29 is 36.6 Å². The van der Waals surface area contributed by atoms with Gasteiger partial charge in [0.05, 0.1) is 29.1 Å². The minimum absolute atomic E-state index is 0.128. The molecule has 0 N–H and O–H groups in total. The van der Waals surface area contributed by atoms with Crippen LogP contribution in [0, 0.1) is 11.2 Å². The lowest BCUT2D eigenvalue weighted by Gasteiger charge is -2.37. The Hall–Kier alpha value is -3.31. The topological polar surface area (TPSA) is 71.4 Å². The number of amides is 1. The van der Waals surface area contributed by atoms with Crippen molar-refractivity contribution in [1.29, 1.82) is 0 Å². The predicted molar refractivity (Wildman–Crippen MR) is 123 cm³/mol. The summed E-state index contributed by atoms with van der Waals surface area (Å²) in [7, 11) is 1.52. The molecule has 2 aliphatic rings. The minimum atomic E-state index is -4.89. The van der Waals surface area contributed by atoms with E-state index in [9.17, 15) is 27.2 Å². The first kappa shape index (κ1) is 25.8. The molecule has 1 saturated heterocycles. The fourth-order valence-electron chi connectivity index (χ4n) is 4.39. The lowest BCUT2D eigenvalue weighted by atomic mass is 9.79. The molecule has 2 aromatic carbocycles. The number of methoxy groups -OCH3 is 1. The molecule has 0 saturated carbocycles. The summed E-state index contributed by atoms with van der Waals surface area (Å²) in [5.41, 5.74) is -0.680. The summed E-state index contributed by atoms with van der Waals surface area (Å²) in [5, 5.41) is 5.25. The second-order valence-electron chi connectivity index (χ2n) is 8.94. The molecule has 7 nitrogen and oxygen atoms in total. The molecule has 192 valence electrons. The van der Waals surface area contributed by atoms with Gasteiger partial charge in [0.1, 0.15) is 17.8 Å². The number of ether oxygens (including phenoxy) is 2. The number of alkyl halides is 3. The number of hydrogen-bond donors (Lipinski definition) is 0. The molecular weight excluding hydrogens is 482 g/mol. The first-order valence-corrected chi connectivity index (χ1v) is 11.3. The van der Waals surface area contributed by atoms with Crippen molar-refractivity contribution in [2.45, 2.75) is 26.1 Å². The van der Waals surface area contributed by atoms with E-state index in [1.807, 2.05) is 0 Å². The molecule has 0 spiro atoms. The number of rotatable bonds is 7. The molecule has 0 aliphatic carbocycles. The van der Waals surface area contributed by atoms with Crippen LogP contribution < -0.4 is 5.01 Å². The van der Waals surface area contributed by atoms with Crippen LogP contribution in [0.4, 0.5) is 23.2 Å². The Balaban J connectivity index is 1.44. The molecule has 0 aromatic heterocycles. The van der Waals surface area contributed by atoms with Gasteiger partial charge >= 0.3 is 12.1 Å². The van der Waals surface area contributed by atoms with Gasteiger partial charge in [-0.1, -0.05) is 12.1 Å². The second-order valence-corrected chi connectivity index (χ2v) is 8.94. The average molecular weight is 507 g/mol. The Kier molecular flexibility index (Phi) is 7.14. The maximum absolute atomic E-state index is 13.7. The van der Waals surface area contributed by atoms with Crippen LogP contribution in [0.5, 0.6) is 0 Å². The van der Waals surface area contributed by atoms with Crippen LogP contribution in [-0.4, -0.2) is 55.9 Å². The van der Waals surface area contributed by atoms with E-state index in [1.54, 1.807) is 31.2 Å². The number of hydrogen-bond acceptors (Lipinski definition) is 6. The number of hydrazone groups is 1. The van der Waals surface area contributed by atoms with E-state index in [0.717, 1.165) is 16.6 Å². The molecule has 0 radical (unpaired) electrons. The molecule has 4 rings (SSSR count). The van der Waals surface area contributed by atoms with Gasteiger partial charge in [-0.25, -0.2) is 9.18 Å². The summed E-state index contributed by atoms with van der Waals surface area (Å²) in [6.07, 6.45) is -4.43. The van der Waals surface area contributed by atoms with Gasteiger partial charge in [0.25, 0.3) is 5.91 Å². The number of halogens is 4. The quantitative estimate of drug-likeness (QED) is 0.318. The van der Waals surface area contributed by atoms with Gasteiger partial charge in [-0.2, -0.15) is 23.3 Å². The van der Waals surface area contributed by atoms with Gasteiger partial charge in [0.2, 0.25) is 0 Å². The van der Waals surface area contributed by atoms with Crippen molar-refractivity contribution in [2.75, 3.05) is 38.4 Å². The summed E-state index contributed by atoms with van der Waals surface area (Å²) in [4.78, 5) is 27.4. The van der Waals surface area contributed by atoms with Crippen molar-refractivity contribution in [1.82, 2.24) is 4.90 Å². The van der Waals surface area contributed by atoms with Crippen LogP contribution in [0.25, 0.3) is 0 Å². The lowest BCUT2D eigenvalue weighted by molar-refractivity contribution is -0.140. The normalized spacial score (nSPS) is 20.3. The zero-order valence-corrected chi connectivity index (χ0v) is 19.8. The van der Waals surface area contributed by atoms with E-state index in [-0.39, 0.29) is 12.3 Å². The highest BCUT2D eigenvalue weighted by molar-refractivity contribution is 6.19. The number of anilines is 1. The third-order valence-corrected chi connectivity index (χ3v) is 6.34. The fourth-order valence-corrected chi connectivity index (χ4v) is 4.39. The average Bonchev–Trinajstić information content (AvgIpc) is 3.09.